The highest BCUT2D eigenvalue weighted by atomic mass is 16.5. The summed E-state index contributed by atoms with van der Waals surface area (Å²) < 4.78 is 10.7. The second-order valence-corrected chi connectivity index (χ2v) is 5.68. The Morgan fingerprint density at radius 1 is 1.09 bits per heavy atom. The molecule has 1 saturated carbocycles. The predicted molar refractivity (Wildman–Crippen MR) is 84.7 cm³/mol. The van der Waals surface area contributed by atoms with Gasteiger partial charge in [0.05, 0.1) is 13.0 Å². The van der Waals surface area contributed by atoms with E-state index in [9.17, 15) is 4.79 Å². The summed E-state index contributed by atoms with van der Waals surface area (Å²) in [5, 5.41) is 0. The van der Waals surface area contributed by atoms with Crippen LogP contribution in [-0.2, 0) is 16.1 Å². The Hall–Kier alpha value is -2.29. The van der Waals surface area contributed by atoms with E-state index in [0.717, 1.165) is 29.7 Å². The summed E-state index contributed by atoms with van der Waals surface area (Å²) in [6.07, 6.45) is 2.21. The van der Waals surface area contributed by atoms with E-state index in [2.05, 4.69) is 0 Å². The lowest BCUT2D eigenvalue weighted by atomic mass is 9.94. The van der Waals surface area contributed by atoms with E-state index in [4.69, 9.17) is 9.47 Å². The smallest absolute Gasteiger partial charge is 0.313 e. The standard InChI is InChI=1S/C19H20O3/c1-21-19(20)18(15-7-8-15)16-9-11-17(12-10-16)22-13-14-5-3-2-4-6-14/h2-6,9-12,15,18H,7-8,13H2,1H3. The van der Waals surface area contributed by atoms with Crippen molar-refractivity contribution in [2.75, 3.05) is 7.11 Å². The van der Waals surface area contributed by atoms with Gasteiger partial charge in [-0.25, -0.2) is 0 Å². The molecule has 3 nitrogen and oxygen atoms in total. The molecular weight excluding hydrogens is 276 g/mol. The molecule has 22 heavy (non-hydrogen) atoms. The van der Waals surface area contributed by atoms with Crippen molar-refractivity contribution in [2.24, 2.45) is 5.92 Å². The Morgan fingerprint density at radius 3 is 2.36 bits per heavy atom. The number of rotatable bonds is 6. The Labute approximate surface area is 130 Å². The summed E-state index contributed by atoms with van der Waals surface area (Å²) in [5.41, 5.74) is 2.15. The van der Waals surface area contributed by atoms with Crippen molar-refractivity contribution in [3.63, 3.8) is 0 Å². The van der Waals surface area contributed by atoms with Gasteiger partial charge in [0.2, 0.25) is 0 Å². The molecule has 0 radical (unpaired) electrons. The van der Waals surface area contributed by atoms with Crippen molar-refractivity contribution >= 4 is 5.97 Å². The first-order valence-corrected chi connectivity index (χ1v) is 7.62. The molecule has 1 aliphatic rings. The molecule has 114 valence electrons. The monoisotopic (exact) mass is 296 g/mol. The number of methoxy groups -OCH3 is 1. The van der Waals surface area contributed by atoms with E-state index in [-0.39, 0.29) is 11.9 Å². The summed E-state index contributed by atoms with van der Waals surface area (Å²) >= 11 is 0. The third kappa shape index (κ3) is 3.48. The first-order chi connectivity index (χ1) is 10.8. The van der Waals surface area contributed by atoms with Gasteiger partial charge in [-0.05, 0) is 42.0 Å². The van der Waals surface area contributed by atoms with Crippen LogP contribution in [0.15, 0.2) is 54.6 Å². The predicted octanol–water partition coefficient (Wildman–Crippen LogP) is 3.93. The highest BCUT2D eigenvalue weighted by Crippen LogP contribution is 2.43. The molecule has 2 aromatic carbocycles. The lowest BCUT2D eigenvalue weighted by Gasteiger charge is -2.15. The number of ether oxygens (including phenoxy) is 2. The van der Waals surface area contributed by atoms with Gasteiger partial charge in [0.25, 0.3) is 0 Å². The van der Waals surface area contributed by atoms with Gasteiger partial charge in [-0.15, -0.1) is 0 Å². The second kappa shape index (κ2) is 6.65. The molecule has 0 heterocycles. The molecule has 1 atom stereocenters. The first-order valence-electron chi connectivity index (χ1n) is 7.62. The van der Waals surface area contributed by atoms with Crippen LogP contribution in [0.2, 0.25) is 0 Å². The largest absolute Gasteiger partial charge is 0.489 e. The van der Waals surface area contributed by atoms with Crippen molar-refractivity contribution in [1.82, 2.24) is 0 Å². The fourth-order valence-corrected chi connectivity index (χ4v) is 2.67. The Morgan fingerprint density at radius 2 is 1.77 bits per heavy atom. The SMILES string of the molecule is COC(=O)C(c1ccc(OCc2ccccc2)cc1)C1CC1. The Bertz CT molecular complexity index is 615. The van der Waals surface area contributed by atoms with Crippen LogP contribution in [0.1, 0.15) is 29.9 Å². The van der Waals surface area contributed by atoms with E-state index in [1.54, 1.807) is 0 Å². The molecule has 0 amide bonds. The molecule has 0 aromatic heterocycles. The molecule has 1 aliphatic carbocycles. The van der Waals surface area contributed by atoms with Crippen molar-refractivity contribution in [2.45, 2.75) is 25.4 Å². The Balaban J connectivity index is 1.65. The van der Waals surface area contributed by atoms with Crippen LogP contribution in [0.3, 0.4) is 0 Å². The number of hydrogen-bond acceptors (Lipinski definition) is 3. The molecule has 3 rings (SSSR count). The molecule has 0 spiro atoms. The van der Waals surface area contributed by atoms with Gasteiger partial charge in [0, 0.05) is 0 Å². The second-order valence-electron chi connectivity index (χ2n) is 5.68. The number of carbonyl (C=O) groups excluding carboxylic acids is 1. The van der Waals surface area contributed by atoms with E-state index >= 15 is 0 Å². The summed E-state index contributed by atoms with van der Waals surface area (Å²) in [5.74, 6) is 0.976. The number of carbonyl (C=O) groups is 1. The molecule has 1 unspecified atom stereocenters. The maximum atomic E-state index is 11.9. The van der Waals surface area contributed by atoms with E-state index in [1.165, 1.54) is 7.11 Å². The van der Waals surface area contributed by atoms with Gasteiger partial charge < -0.3 is 9.47 Å². The fraction of sp³-hybridized carbons (Fsp3) is 0.316. The molecule has 2 aromatic rings. The molecular formula is C19H20O3. The van der Waals surface area contributed by atoms with E-state index in [0.29, 0.717) is 12.5 Å². The van der Waals surface area contributed by atoms with Gasteiger partial charge in [-0.2, -0.15) is 0 Å². The third-order valence-corrected chi connectivity index (χ3v) is 4.04. The molecule has 0 bridgehead atoms. The zero-order chi connectivity index (χ0) is 15.4. The van der Waals surface area contributed by atoms with Crippen LogP contribution in [0.4, 0.5) is 0 Å². The molecule has 0 N–H and O–H groups in total. The minimum atomic E-state index is -0.138. The van der Waals surface area contributed by atoms with Gasteiger partial charge in [-0.3, -0.25) is 4.79 Å². The maximum absolute atomic E-state index is 11.9. The lowest BCUT2D eigenvalue weighted by Crippen LogP contribution is -2.16. The average molecular weight is 296 g/mol. The van der Waals surface area contributed by atoms with Crippen LogP contribution in [0.25, 0.3) is 0 Å². The van der Waals surface area contributed by atoms with Crippen molar-refractivity contribution < 1.29 is 14.3 Å². The van der Waals surface area contributed by atoms with E-state index in [1.807, 2.05) is 54.6 Å². The normalized spacial score (nSPS) is 15.1. The fourth-order valence-electron chi connectivity index (χ4n) is 2.67. The van der Waals surface area contributed by atoms with Crippen LogP contribution in [-0.4, -0.2) is 13.1 Å². The number of benzene rings is 2. The zero-order valence-electron chi connectivity index (χ0n) is 12.7. The quantitative estimate of drug-likeness (QED) is 0.758. The minimum Gasteiger partial charge on any atom is -0.489 e. The summed E-state index contributed by atoms with van der Waals surface area (Å²) in [6, 6.07) is 17.9. The van der Waals surface area contributed by atoms with Crippen LogP contribution in [0.5, 0.6) is 5.75 Å². The van der Waals surface area contributed by atoms with Gasteiger partial charge in [0.15, 0.2) is 0 Å². The van der Waals surface area contributed by atoms with Crippen molar-refractivity contribution in [3.05, 3.63) is 65.7 Å². The highest BCUT2D eigenvalue weighted by Gasteiger charge is 2.37. The number of esters is 1. The lowest BCUT2D eigenvalue weighted by molar-refractivity contribution is -0.143. The van der Waals surface area contributed by atoms with Crippen molar-refractivity contribution in [3.8, 4) is 5.75 Å². The average Bonchev–Trinajstić information content (AvgIpc) is 3.40. The van der Waals surface area contributed by atoms with Crippen LogP contribution < -0.4 is 4.74 Å². The van der Waals surface area contributed by atoms with Gasteiger partial charge in [0.1, 0.15) is 12.4 Å². The molecule has 0 aliphatic heterocycles. The molecule has 1 fully saturated rings. The molecule has 3 heteroatoms. The highest BCUT2D eigenvalue weighted by molar-refractivity contribution is 5.79. The van der Waals surface area contributed by atoms with Crippen molar-refractivity contribution in [1.29, 1.82) is 0 Å². The minimum absolute atomic E-state index is 0.131. The summed E-state index contributed by atoms with van der Waals surface area (Å²) in [7, 11) is 1.45. The van der Waals surface area contributed by atoms with Gasteiger partial charge in [-0.1, -0.05) is 42.5 Å². The maximum Gasteiger partial charge on any atom is 0.313 e. The topological polar surface area (TPSA) is 35.5 Å². The van der Waals surface area contributed by atoms with Gasteiger partial charge >= 0.3 is 5.97 Å². The zero-order valence-corrected chi connectivity index (χ0v) is 12.7. The first kappa shape index (κ1) is 14.6. The summed E-state index contributed by atoms with van der Waals surface area (Å²) in [6.45, 7) is 0.545. The Kier molecular flexibility index (Phi) is 4.42. The van der Waals surface area contributed by atoms with E-state index < -0.39 is 0 Å². The number of hydrogen-bond donors (Lipinski definition) is 0. The molecule has 0 saturated heterocycles. The summed E-state index contributed by atoms with van der Waals surface area (Å²) in [4.78, 5) is 11.9. The van der Waals surface area contributed by atoms with Crippen LogP contribution >= 0.6 is 0 Å². The third-order valence-electron chi connectivity index (χ3n) is 4.04. The van der Waals surface area contributed by atoms with Crippen LogP contribution in [0, 0.1) is 5.92 Å².